The molecule has 1 aliphatic heterocycles. The molecule has 0 amide bonds. The smallest absolute Gasteiger partial charge is 0.0523 e. The minimum Gasteiger partial charge on any atom is -0.378 e. The summed E-state index contributed by atoms with van der Waals surface area (Å²) >= 11 is 6.17. The van der Waals surface area contributed by atoms with E-state index in [0.717, 1.165) is 11.4 Å². The lowest BCUT2D eigenvalue weighted by Gasteiger charge is -2.34. The number of aromatic amines is 1. The fourth-order valence-corrected chi connectivity index (χ4v) is 5.21. The monoisotopic (exact) mass is 434 g/mol. The molecule has 1 aromatic heterocycles. The summed E-state index contributed by atoms with van der Waals surface area (Å²) in [5, 5.41) is 5.84. The van der Waals surface area contributed by atoms with E-state index >= 15 is 0 Å². The van der Waals surface area contributed by atoms with Crippen LogP contribution in [0.4, 0.5) is 5.69 Å². The molecule has 0 unspecified atom stereocenters. The molecule has 4 aromatic carbocycles. The molecule has 2 nitrogen and oxygen atoms in total. The van der Waals surface area contributed by atoms with Crippen LogP contribution in [0.25, 0.3) is 22.2 Å². The van der Waals surface area contributed by atoms with Crippen molar-refractivity contribution in [3.63, 3.8) is 0 Å². The van der Waals surface area contributed by atoms with E-state index in [9.17, 15) is 0 Å². The Bertz CT molecular complexity index is 1390. The lowest BCUT2D eigenvalue weighted by molar-refractivity contribution is 0.607. The van der Waals surface area contributed by atoms with Crippen molar-refractivity contribution in [1.29, 1.82) is 0 Å². The largest absolute Gasteiger partial charge is 0.378 e. The number of benzene rings is 4. The van der Waals surface area contributed by atoms with Crippen LogP contribution in [0.2, 0.25) is 5.02 Å². The van der Waals surface area contributed by atoms with E-state index < -0.39 is 0 Å². The van der Waals surface area contributed by atoms with Crippen LogP contribution in [0.1, 0.15) is 35.1 Å². The first-order valence-electron chi connectivity index (χ1n) is 11.0. The summed E-state index contributed by atoms with van der Waals surface area (Å²) < 4.78 is 0. The number of hydrogen-bond acceptors (Lipinski definition) is 1. The van der Waals surface area contributed by atoms with Crippen molar-refractivity contribution in [3.05, 3.63) is 125 Å². The number of para-hydroxylation sites is 2. The predicted molar refractivity (Wildman–Crippen MR) is 134 cm³/mol. The molecule has 0 bridgehead atoms. The third kappa shape index (κ3) is 3.28. The molecule has 5 aromatic rings. The van der Waals surface area contributed by atoms with Gasteiger partial charge in [-0.2, -0.15) is 0 Å². The number of halogens is 1. The van der Waals surface area contributed by atoms with Gasteiger partial charge in [-0.25, -0.2) is 0 Å². The number of aromatic nitrogens is 1. The molecule has 0 saturated carbocycles. The van der Waals surface area contributed by atoms with Gasteiger partial charge < -0.3 is 10.3 Å². The average Bonchev–Trinajstić information content (AvgIpc) is 3.24. The van der Waals surface area contributed by atoms with Gasteiger partial charge in [0.25, 0.3) is 0 Å². The highest BCUT2D eigenvalue weighted by atomic mass is 35.5. The van der Waals surface area contributed by atoms with Gasteiger partial charge in [-0.3, -0.25) is 0 Å². The topological polar surface area (TPSA) is 27.8 Å². The molecule has 3 heteroatoms. The molecule has 0 aliphatic carbocycles. The van der Waals surface area contributed by atoms with E-state index in [4.69, 9.17) is 11.6 Å². The summed E-state index contributed by atoms with van der Waals surface area (Å²) in [5.41, 5.74) is 8.80. The summed E-state index contributed by atoms with van der Waals surface area (Å²) in [6.07, 6.45) is 0.973. The molecule has 2 atom stereocenters. The summed E-state index contributed by atoms with van der Waals surface area (Å²) in [4.78, 5) is 3.73. The Labute approximate surface area is 192 Å². The van der Waals surface area contributed by atoms with E-state index in [0.29, 0.717) is 0 Å². The Hall–Kier alpha value is -3.49. The maximum absolute atomic E-state index is 6.17. The van der Waals surface area contributed by atoms with Crippen LogP contribution in [0, 0.1) is 0 Å². The van der Waals surface area contributed by atoms with Crippen LogP contribution >= 0.6 is 11.6 Å². The first-order chi connectivity index (χ1) is 15.8. The summed E-state index contributed by atoms with van der Waals surface area (Å²) in [6, 6.07) is 36.5. The minimum absolute atomic E-state index is 0.212. The van der Waals surface area contributed by atoms with E-state index in [1.165, 1.54) is 44.5 Å². The highest BCUT2D eigenvalue weighted by molar-refractivity contribution is 6.30. The van der Waals surface area contributed by atoms with Crippen molar-refractivity contribution in [3.8, 4) is 11.3 Å². The Balaban J connectivity index is 1.56. The van der Waals surface area contributed by atoms with Crippen LogP contribution in [0.15, 0.2) is 103 Å². The Morgan fingerprint density at radius 1 is 0.719 bits per heavy atom. The van der Waals surface area contributed by atoms with Gasteiger partial charge in [-0.15, -0.1) is 0 Å². The first kappa shape index (κ1) is 19.2. The van der Waals surface area contributed by atoms with Crippen LogP contribution in [0.3, 0.4) is 0 Å². The fourth-order valence-electron chi connectivity index (χ4n) is 5.09. The van der Waals surface area contributed by atoms with Gasteiger partial charge in [0.2, 0.25) is 0 Å². The average molecular weight is 435 g/mol. The van der Waals surface area contributed by atoms with Crippen molar-refractivity contribution >= 4 is 28.2 Å². The fraction of sp³-hybridized carbons (Fsp3) is 0.103. The zero-order valence-corrected chi connectivity index (χ0v) is 18.3. The van der Waals surface area contributed by atoms with Gasteiger partial charge >= 0.3 is 0 Å². The molecule has 0 radical (unpaired) electrons. The number of H-pyrrole nitrogens is 1. The molecule has 0 saturated heterocycles. The van der Waals surface area contributed by atoms with Crippen LogP contribution in [-0.2, 0) is 0 Å². The normalized spacial score (nSPS) is 17.7. The molecular formula is C29H23ClN2. The van der Waals surface area contributed by atoms with Gasteiger partial charge in [-0.1, -0.05) is 90.5 Å². The SMILES string of the molecule is Clc1ccc([C@H]2C[C@H](c3c(-c4ccccc4)[nH]c4ccccc34)c3ccccc3N2)cc1. The van der Waals surface area contributed by atoms with E-state index in [1.807, 2.05) is 12.1 Å². The van der Waals surface area contributed by atoms with E-state index in [-0.39, 0.29) is 12.0 Å². The molecule has 2 N–H and O–H groups in total. The molecule has 32 heavy (non-hydrogen) atoms. The van der Waals surface area contributed by atoms with Crippen LogP contribution < -0.4 is 5.32 Å². The number of nitrogens with one attached hydrogen (secondary N) is 2. The summed E-state index contributed by atoms with van der Waals surface area (Å²) in [6.45, 7) is 0. The highest BCUT2D eigenvalue weighted by Gasteiger charge is 2.32. The maximum Gasteiger partial charge on any atom is 0.0523 e. The third-order valence-electron chi connectivity index (χ3n) is 6.57. The van der Waals surface area contributed by atoms with Crippen molar-refractivity contribution in [2.24, 2.45) is 0 Å². The summed E-state index contributed by atoms with van der Waals surface area (Å²) in [5.74, 6) is 0.263. The zero-order chi connectivity index (χ0) is 21.5. The molecule has 0 spiro atoms. The van der Waals surface area contributed by atoms with Crippen molar-refractivity contribution in [1.82, 2.24) is 4.98 Å². The molecule has 0 fully saturated rings. The van der Waals surface area contributed by atoms with Gasteiger partial charge in [0.1, 0.15) is 0 Å². The molecular weight excluding hydrogens is 412 g/mol. The van der Waals surface area contributed by atoms with Crippen molar-refractivity contribution in [2.45, 2.75) is 18.4 Å². The maximum atomic E-state index is 6.17. The standard InChI is InChI=1S/C29H23ClN2/c30-21-16-14-19(15-17-21)27-18-24(22-10-4-6-12-25(22)31-27)28-23-11-5-7-13-26(23)32-29(28)20-8-2-1-3-9-20/h1-17,24,27,31-32H,18H2/t24-,27+/m0/s1. The third-order valence-corrected chi connectivity index (χ3v) is 6.82. The second kappa shape index (κ2) is 7.89. The Morgan fingerprint density at radius 2 is 1.44 bits per heavy atom. The van der Waals surface area contributed by atoms with Gasteiger partial charge in [0.05, 0.1) is 11.7 Å². The van der Waals surface area contributed by atoms with Gasteiger partial charge in [0.15, 0.2) is 0 Å². The van der Waals surface area contributed by atoms with Gasteiger partial charge in [0, 0.05) is 27.5 Å². The highest BCUT2D eigenvalue weighted by Crippen LogP contribution is 2.48. The number of anilines is 1. The molecule has 6 rings (SSSR count). The molecule has 1 aliphatic rings. The number of fused-ring (bicyclic) bond motifs is 2. The van der Waals surface area contributed by atoms with Gasteiger partial charge in [-0.05, 0) is 52.9 Å². The lowest BCUT2D eigenvalue weighted by Crippen LogP contribution is -2.22. The van der Waals surface area contributed by atoms with Crippen molar-refractivity contribution < 1.29 is 0 Å². The molecule has 2 heterocycles. The zero-order valence-electron chi connectivity index (χ0n) is 17.6. The second-order valence-electron chi connectivity index (χ2n) is 8.45. The van der Waals surface area contributed by atoms with E-state index in [1.54, 1.807) is 0 Å². The Kier molecular flexibility index (Phi) is 4.74. The number of rotatable bonds is 3. The quantitative estimate of drug-likeness (QED) is 0.294. The van der Waals surface area contributed by atoms with Crippen LogP contribution in [0.5, 0.6) is 0 Å². The first-order valence-corrected chi connectivity index (χ1v) is 11.4. The predicted octanol–water partition coefficient (Wildman–Crippen LogP) is 8.18. The Morgan fingerprint density at radius 3 is 2.28 bits per heavy atom. The summed E-state index contributed by atoms with van der Waals surface area (Å²) in [7, 11) is 0. The van der Waals surface area contributed by atoms with E-state index in [2.05, 4.69) is 101 Å². The second-order valence-corrected chi connectivity index (χ2v) is 8.89. The minimum atomic E-state index is 0.212. The lowest BCUT2D eigenvalue weighted by atomic mass is 9.78. The number of hydrogen-bond donors (Lipinski definition) is 2. The van der Waals surface area contributed by atoms with Crippen LogP contribution in [-0.4, -0.2) is 4.98 Å². The van der Waals surface area contributed by atoms with Crippen molar-refractivity contribution in [2.75, 3.05) is 5.32 Å². The molecule has 156 valence electrons.